The van der Waals surface area contributed by atoms with Crippen LogP contribution in [0.1, 0.15) is 25.0 Å². The maximum atomic E-state index is 12.3. The Kier molecular flexibility index (Phi) is 2.77. The van der Waals surface area contributed by atoms with Gasteiger partial charge in [-0.05, 0) is 19.3 Å². The van der Waals surface area contributed by atoms with E-state index in [4.69, 9.17) is 0 Å². The molecule has 6 heteroatoms. The zero-order valence-electron chi connectivity index (χ0n) is 10.2. The van der Waals surface area contributed by atoms with Crippen LogP contribution in [0.15, 0.2) is 6.20 Å². The number of nitrogens with zero attached hydrogens (tertiary/aromatic N) is 3. The van der Waals surface area contributed by atoms with Crippen LogP contribution in [0.3, 0.4) is 0 Å². The first-order chi connectivity index (χ1) is 8.75. The van der Waals surface area contributed by atoms with Gasteiger partial charge in [-0.3, -0.25) is 14.7 Å². The molecule has 0 unspecified atom stereocenters. The Hall–Kier alpha value is -1.85. The molecule has 1 fully saturated rings. The quantitative estimate of drug-likeness (QED) is 0.819. The van der Waals surface area contributed by atoms with Gasteiger partial charge in [0, 0.05) is 19.5 Å². The molecule has 1 saturated heterocycles. The van der Waals surface area contributed by atoms with Crippen molar-refractivity contribution in [1.82, 2.24) is 15.1 Å². The smallest absolute Gasteiger partial charge is 0.246 e. The number of likely N-dealkylation sites (tertiary alicyclic amines) is 1. The van der Waals surface area contributed by atoms with Crippen molar-refractivity contribution in [2.75, 3.05) is 24.5 Å². The summed E-state index contributed by atoms with van der Waals surface area (Å²) in [6.45, 7) is 1.62. The van der Waals surface area contributed by atoms with Crippen LogP contribution in [-0.4, -0.2) is 46.5 Å². The molecule has 1 aromatic heterocycles. The molecule has 2 aliphatic heterocycles. The van der Waals surface area contributed by atoms with Crippen molar-refractivity contribution in [3.05, 3.63) is 11.9 Å². The number of rotatable bonds is 2. The Morgan fingerprint density at radius 1 is 1.33 bits per heavy atom. The predicted octanol–water partition coefficient (Wildman–Crippen LogP) is 0.311. The van der Waals surface area contributed by atoms with Crippen molar-refractivity contribution in [1.29, 1.82) is 0 Å². The number of hydrogen-bond acceptors (Lipinski definition) is 3. The molecule has 0 spiro atoms. The third-order valence-corrected chi connectivity index (χ3v) is 3.59. The molecule has 0 bridgehead atoms. The molecule has 0 saturated carbocycles. The van der Waals surface area contributed by atoms with Crippen molar-refractivity contribution >= 4 is 17.5 Å². The summed E-state index contributed by atoms with van der Waals surface area (Å²) in [6.07, 6.45) is 5.00. The molecule has 96 valence electrons. The third kappa shape index (κ3) is 1.87. The molecule has 1 N–H and O–H groups in total. The van der Waals surface area contributed by atoms with Gasteiger partial charge in [-0.1, -0.05) is 0 Å². The molecule has 2 aliphatic rings. The van der Waals surface area contributed by atoms with Gasteiger partial charge in [-0.25, -0.2) is 0 Å². The number of H-pyrrole nitrogens is 1. The molecule has 18 heavy (non-hydrogen) atoms. The van der Waals surface area contributed by atoms with Crippen molar-refractivity contribution in [2.24, 2.45) is 0 Å². The summed E-state index contributed by atoms with van der Waals surface area (Å²) < 4.78 is 0. The lowest BCUT2D eigenvalue weighted by Gasteiger charge is -2.28. The Bertz CT molecular complexity index is 482. The second-order valence-electron chi connectivity index (χ2n) is 4.80. The molecule has 0 aliphatic carbocycles. The molecule has 6 nitrogen and oxygen atoms in total. The zero-order valence-corrected chi connectivity index (χ0v) is 10.2. The molecule has 2 amide bonds. The van der Waals surface area contributed by atoms with E-state index in [0.717, 1.165) is 30.6 Å². The number of aromatic amines is 1. The molecular weight excluding hydrogens is 232 g/mol. The summed E-state index contributed by atoms with van der Waals surface area (Å²) in [6, 6.07) is 0. The van der Waals surface area contributed by atoms with E-state index in [1.165, 1.54) is 0 Å². The van der Waals surface area contributed by atoms with Crippen molar-refractivity contribution < 1.29 is 9.59 Å². The molecule has 1 aromatic rings. The summed E-state index contributed by atoms with van der Waals surface area (Å²) in [4.78, 5) is 27.2. The maximum Gasteiger partial charge on any atom is 0.246 e. The Labute approximate surface area is 105 Å². The number of anilines is 1. The van der Waals surface area contributed by atoms with E-state index in [-0.39, 0.29) is 18.4 Å². The van der Waals surface area contributed by atoms with Crippen LogP contribution in [0, 0.1) is 0 Å². The number of hydrogen-bond donors (Lipinski definition) is 1. The van der Waals surface area contributed by atoms with Crippen LogP contribution in [0.4, 0.5) is 5.69 Å². The monoisotopic (exact) mass is 248 g/mol. The normalized spacial score (nSPS) is 19.2. The number of amides is 2. The summed E-state index contributed by atoms with van der Waals surface area (Å²) in [5.74, 6) is 0.0837. The fourth-order valence-corrected chi connectivity index (χ4v) is 2.64. The summed E-state index contributed by atoms with van der Waals surface area (Å²) in [5.41, 5.74) is 1.89. The lowest BCUT2D eigenvalue weighted by molar-refractivity contribution is -0.132. The predicted molar refractivity (Wildman–Crippen MR) is 65.1 cm³/mol. The molecule has 0 atom stereocenters. The number of fused-ring (bicyclic) bond motifs is 1. The number of carbonyl (C=O) groups is 2. The van der Waals surface area contributed by atoms with Crippen LogP contribution in [0.2, 0.25) is 0 Å². The van der Waals surface area contributed by atoms with E-state index in [1.807, 2.05) is 0 Å². The van der Waals surface area contributed by atoms with Crippen LogP contribution >= 0.6 is 0 Å². The average molecular weight is 248 g/mol. The first-order valence-electron chi connectivity index (χ1n) is 6.36. The van der Waals surface area contributed by atoms with Crippen molar-refractivity contribution in [3.63, 3.8) is 0 Å². The molecule has 0 radical (unpaired) electrons. The van der Waals surface area contributed by atoms with Crippen molar-refractivity contribution in [2.45, 2.75) is 25.7 Å². The third-order valence-electron chi connectivity index (χ3n) is 3.59. The highest BCUT2D eigenvalue weighted by atomic mass is 16.2. The minimum atomic E-state index is -0.00685. The average Bonchev–Trinajstić information content (AvgIpc) is 2.98. The lowest BCUT2D eigenvalue weighted by Crippen LogP contribution is -2.43. The van der Waals surface area contributed by atoms with Crippen LogP contribution in [-0.2, 0) is 16.0 Å². The zero-order chi connectivity index (χ0) is 12.5. The summed E-state index contributed by atoms with van der Waals surface area (Å²) >= 11 is 0. The second-order valence-corrected chi connectivity index (χ2v) is 4.80. The van der Waals surface area contributed by atoms with Gasteiger partial charge in [0.15, 0.2) is 0 Å². The number of carbonyl (C=O) groups excluding carboxylic acids is 2. The fraction of sp³-hybridized carbons (Fsp3) is 0.583. The highest BCUT2D eigenvalue weighted by Crippen LogP contribution is 2.25. The van der Waals surface area contributed by atoms with Crippen LogP contribution < -0.4 is 4.90 Å². The highest BCUT2D eigenvalue weighted by Gasteiger charge is 2.28. The number of aryl methyl sites for hydroxylation is 1. The van der Waals surface area contributed by atoms with E-state index in [9.17, 15) is 9.59 Å². The molecule has 3 rings (SSSR count). The van der Waals surface area contributed by atoms with Gasteiger partial charge >= 0.3 is 0 Å². The second kappa shape index (κ2) is 4.44. The Balaban J connectivity index is 1.72. The largest absolute Gasteiger partial charge is 0.333 e. The summed E-state index contributed by atoms with van der Waals surface area (Å²) in [7, 11) is 0. The van der Waals surface area contributed by atoms with E-state index < -0.39 is 0 Å². The van der Waals surface area contributed by atoms with Gasteiger partial charge in [-0.2, -0.15) is 5.10 Å². The first kappa shape index (κ1) is 11.3. The SMILES string of the molecule is O=C1CCCN1CC(=O)N1CCCc2[nH]ncc21. The van der Waals surface area contributed by atoms with Gasteiger partial charge in [0.2, 0.25) is 11.8 Å². The van der Waals surface area contributed by atoms with Gasteiger partial charge < -0.3 is 9.80 Å². The van der Waals surface area contributed by atoms with Gasteiger partial charge in [0.1, 0.15) is 6.54 Å². The van der Waals surface area contributed by atoms with Gasteiger partial charge in [-0.15, -0.1) is 0 Å². The summed E-state index contributed by atoms with van der Waals surface area (Å²) in [5, 5.41) is 6.90. The van der Waals surface area contributed by atoms with E-state index in [1.54, 1.807) is 16.0 Å². The minimum absolute atomic E-state index is 0.00685. The Morgan fingerprint density at radius 2 is 2.17 bits per heavy atom. The molecular formula is C12H16N4O2. The van der Waals surface area contributed by atoms with E-state index in [0.29, 0.717) is 19.5 Å². The van der Waals surface area contributed by atoms with Crippen molar-refractivity contribution in [3.8, 4) is 0 Å². The molecule has 0 aromatic carbocycles. The van der Waals surface area contributed by atoms with Crippen LogP contribution in [0.5, 0.6) is 0 Å². The van der Waals surface area contributed by atoms with Gasteiger partial charge in [0.05, 0.1) is 17.6 Å². The van der Waals surface area contributed by atoms with E-state index in [2.05, 4.69) is 10.2 Å². The van der Waals surface area contributed by atoms with Crippen LogP contribution in [0.25, 0.3) is 0 Å². The molecule has 3 heterocycles. The highest BCUT2D eigenvalue weighted by molar-refractivity contribution is 5.97. The standard InChI is InChI=1S/C12H16N4O2/c17-11-4-2-5-15(11)8-12(18)16-6-1-3-9-10(16)7-13-14-9/h7H,1-6,8H2,(H,13,14). The number of aromatic nitrogens is 2. The lowest BCUT2D eigenvalue weighted by atomic mass is 10.1. The first-order valence-corrected chi connectivity index (χ1v) is 6.36. The Morgan fingerprint density at radius 3 is 2.94 bits per heavy atom. The fourth-order valence-electron chi connectivity index (χ4n) is 2.64. The topological polar surface area (TPSA) is 69.3 Å². The maximum absolute atomic E-state index is 12.3. The van der Waals surface area contributed by atoms with E-state index >= 15 is 0 Å². The minimum Gasteiger partial charge on any atom is -0.333 e. The van der Waals surface area contributed by atoms with Gasteiger partial charge in [0.25, 0.3) is 0 Å². The number of nitrogens with one attached hydrogen (secondary N) is 1.